The van der Waals surface area contributed by atoms with Gasteiger partial charge in [0, 0.05) is 28.2 Å². The van der Waals surface area contributed by atoms with E-state index in [2.05, 4.69) is 34.7 Å². The van der Waals surface area contributed by atoms with Gasteiger partial charge in [0.05, 0.1) is 21.2 Å². The van der Waals surface area contributed by atoms with Gasteiger partial charge in [0.15, 0.2) is 16.4 Å². The third-order valence-electron chi connectivity index (χ3n) is 6.89. The molecule has 1 aliphatic rings. The molecular formula is C30H42BrNO5S2. The molecule has 0 unspecified atom stereocenters. The molecule has 0 saturated heterocycles. The molecule has 0 radical (unpaired) electrons. The summed E-state index contributed by atoms with van der Waals surface area (Å²) in [5, 5.41) is 0. The molecule has 0 bridgehead atoms. The minimum atomic E-state index is -3.67. The Balaban J connectivity index is 2.15. The van der Waals surface area contributed by atoms with E-state index in [0.717, 1.165) is 53.6 Å². The van der Waals surface area contributed by atoms with E-state index in [-0.39, 0.29) is 22.7 Å². The first-order chi connectivity index (χ1) is 18.3. The van der Waals surface area contributed by atoms with Gasteiger partial charge >= 0.3 is 5.97 Å². The minimum Gasteiger partial charge on any atom is -0.481 e. The lowest BCUT2D eigenvalue weighted by molar-refractivity contribution is -0.157. The van der Waals surface area contributed by atoms with Gasteiger partial charge in [-0.3, -0.25) is 0 Å². The summed E-state index contributed by atoms with van der Waals surface area (Å²) in [6.07, 6.45) is 7.59. The van der Waals surface area contributed by atoms with Crippen LogP contribution in [0.1, 0.15) is 73.1 Å². The standard InChI is InChI=1S/C30H42BrNO5S2/c1-7-9-15-30(16-10-8-2)20-32(23-13-11-22(31)12-14-23)24-17-26(38-6)25(18-27(24)39(34,35)21-30)36-19-28(33)37-29(3,4)5/h11-14,17-18H,7-10,15-16,19-21H2,1-6H3. The van der Waals surface area contributed by atoms with Gasteiger partial charge < -0.3 is 14.4 Å². The van der Waals surface area contributed by atoms with Crippen molar-refractivity contribution < 1.29 is 22.7 Å². The molecule has 1 heterocycles. The summed E-state index contributed by atoms with van der Waals surface area (Å²) in [7, 11) is -3.67. The molecule has 0 amide bonds. The molecule has 1 aliphatic heterocycles. The van der Waals surface area contributed by atoms with Gasteiger partial charge in [0.25, 0.3) is 0 Å². The Morgan fingerprint density at radius 1 is 1.08 bits per heavy atom. The van der Waals surface area contributed by atoms with Gasteiger partial charge in [-0.1, -0.05) is 55.5 Å². The maximum absolute atomic E-state index is 14.2. The summed E-state index contributed by atoms with van der Waals surface area (Å²) in [4.78, 5) is 15.6. The topological polar surface area (TPSA) is 72.9 Å². The average Bonchev–Trinajstić information content (AvgIpc) is 2.96. The smallest absolute Gasteiger partial charge is 0.344 e. The number of hydrogen-bond acceptors (Lipinski definition) is 7. The lowest BCUT2D eigenvalue weighted by Gasteiger charge is -2.37. The van der Waals surface area contributed by atoms with E-state index in [1.807, 2.05) is 36.6 Å². The van der Waals surface area contributed by atoms with Gasteiger partial charge in [-0.2, -0.15) is 0 Å². The number of nitrogens with zero attached hydrogens (tertiary/aromatic N) is 1. The molecule has 9 heteroatoms. The van der Waals surface area contributed by atoms with Crippen molar-refractivity contribution >= 4 is 54.9 Å². The first-order valence-corrected chi connectivity index (χ1v) is 17.3. The monoisotopic (exact) mass is 639 g/mol. The number of halogens is 1. The van der Waals surface area contributed by atoms with Crippen LogP contribution < -0.4 is 9.64 Å². The van der Waals surface area contributed by atoms with Gasteiger partial charge in [-0.15, -0.1) is 11.8 Å². The average molecular weight is 641 g/mol. The highest BCUT2D eigenvalue weighted by Crippen LogP contribution is 2.48. The molecule has 0 fully saturated rings. The van der Waals surface area contributed by atoms with Crippen molar-refractivity contribution in [2.24, 2.45) is 5.41 Å². The Kier molecular flexibility index (Phi) is 10.9. The molecule has 2 aromatic carbocycles. The Hall–Kier alpha value is -1.71. The van der Waals surface area contributed by atoms with Gasteiger partial charge in [-0.05, 0) is 70.2 Å². The lowest BCUT2D eigenvalue weighted by Crippen LogP contribution is -2.38. The molecule has 3 rings (SSSR count). The molecule has 39 heavy (non-hydrogen) atoms. The number of carbonyl (C=O) groups is 1. The Morgan fingerprint density at radius 3 is 2.23 bits per heavy atom. The van der Waals surface area contributed by atoms with Crippen LogP contribution in [0.4, 0.5) is 11.4 Å². The summed E-state index contributed by atoms with van der Waals surface area (Å²) < 4.78 is 40.6. The van der Waals surface area contributed by atoms with E-state index in [0.29, 0.717) is 18.0 Å². The van der Waals surface area contributed by atoms with Crippen molar-refractivity contribution in [1.29, 1.82) is 0 Å². The number of sulfone groups is 1. The Bertz CT molecular complexity index is 1230. The second kappa shape index (κ2) is 13.3. The zero-order valence-corrected chi connectivity index (χ0v) is 27.2. The zero-order valence-electron chi connectivity index (χ0n) is 24.0. The van der Waals surface area contributed by atoms with Gasteiger partial charge in [0.1, 0.15) is 11.4 Å². The van der Waals surface area contributed by atoms with Crippen molar-refractivity contribution in [2.45, 2.75) is 88.5 Å². The minimum absolute atomic E-state index is 0.0874. The summed E-state index contributed by atoms with van der Waals surface area (Å²) >= 11 is 4.99. The number of anilines is 2. The fourth-order valence-electron chi connectivity index (χ4n) is 5.10. The third-order valence-corrected chi connectivity index (χ3v) is 10.2. The highest BCUT2D eigenvalue weighted by molar-refractivity contribution is 9.10. The molecule has 0 aromatic heterocycles. The largest absolute Gasteiger partial charge is 0.481 e. The van der Waals surface area contributed by atoms with Crippen LogP contribution >= 0.6 is 27.7 Å². The van der Waals surface area contributed by atoms with E-state index >= 15 is 0 Å². The van der Waals surface area contributed by atoms with Crippen LogP contribution in [0, 0.1) is 5.41 Å². The van der Waals surface area contributed by atoms with E-state index in [9.17, 15) is 13.2 Å². The highest BCUT2D eigenvalue weighted by atomic mass is 79.9. The van der Waals surface area contributed by atoms with Crippen LogP contribution in [0.2, 0.25) is 0 Å². The van der Waals surface area contributed by atoms with Gasteiger partial charge in [0.2, 0.25) is 0 Å². The van der Waals surface area contributed by atoms with Crippen molar-refractivity contribution in [3.8, 4) is 5.75 Å². The molecule has 0 saturated carbocycles. The first-order valence-electron chi connectivity index (χ1n) is 13.7. The zero-order chi connectivity index (χ0) is 28.8. The molecule has 0 atom stereocenters. The summed E-state index contributed by atoms with van der Waals surface area (Å²) in [5.74, 6) is -0.0347. The van der Waals surface area contributed by atoms with Crippen molar-refractivity contribution in [2.75, 3.05) is 30.1 Å². The van der Waals surface area contributed by atoms with Crippen molar-refractivity contribution in [3.63, 3.8) is 0 Å². The maximum atomic E-state index is 14.2. The quantitative estimate of drug-likeness (QED) is 0.181. The van der Waals surface area contributed by atoms with Crippen LogP contribution in [0.25, 0.3) is 0 Å². The number of thioether (sulfide) groups is 1. The predicted molar refractivity (Wildman–Crippen MR) is 164 cm³/mol. The number of fused-ring (bicyclic) bond motifs is 1. The maximum Gasteiger partial charge on any atom is 0.344 e. The molecule has 216 valence electrons. The molecule has 6 nitrogen and oxygen atoms in total. The SMILES string of the molecule is CCCCC1(CCCC)CN(c2ccc(Br)cc2)c2cc(SC)c(OCC(=O)OC(C)(C)C)cc2S(=O)(=O)C1. The molecular weight excluding hydrogens is 598 g/mol. The highest BCUT2D eigenvalue weighted by Gasteiger charge is 2.42. The predicted octanol–water partition coefficient (Wildman–Crippen LogP) is 8.18. The number of rotatable bonds is 11. The first kappa shape index (κ1) is 31.8. The van der Waals surface area contributed by atoms with E-state index < -0.39 is 21.4 Å². The van der Waals surface area contributed by atoms with Crippen molar-refractivity contribution in [1.82, 2.24) is 0 Å². The van der Waals surface area contributed by atoms with E-state index in [1.54, 1.807) is 26.8 Å². The van der Waals surface area contributed by atoms with Crippen LogP contribution in [0.3, 0.4) is 0 Å². The Morgan fingerprint density at radius 2 is 1.69 bits per heavy atom. The van der Waals surface area contributed by atoms with Crippen LogP contribution in [0.5, 0.6) is 5.75 Å². The Labute approximate surface area is 247 Å². The van der Waals surface area contributed by atoms with Crippen LogP contribution in [0.15, 0.2) is 50.7 Å². The second-order valence-corrected chi connectivity index (χ2v) is 15.1. The summed E-state index contributed by atoms with van der Waals surface area (Å²) in [5.41, 5.74) is 0.587. The number of ether oxygens (including phenoxy) is 2. The van der Waals surface area contributed by atoms with Crippen molar-refractivity contribution in [3.05, 3.63) is 40.9 Å². The van der Waals surface area contributed by atoms with E-state index in [1.165, 1.54) is 11.8 Å². The lowest BCUT2D eigenvalue weighted by atomic mass is 9.79. The number of hydrogen-bond donors (Lipinski definition) is 0. The fraction of sp³-hybridized carbons (Fsp3) is 0.567. The summed E-state index contributed by atoms with van der Waals surface area (Å²) in [6, 6.07) is 11.6. The number of esters is 1. The fourth-order valence-corrected chi connectivity index (χ4v) is 8.03. The molecule has 0 spiro atoms. The number of carbonyl (C=O) groups excluding carboxylic acids is 1. The van der Waals surface area contributed by atoms with Crippen LogP contribution in [-0.2, 0) is 19.4 Å². The van der Waals surface area contributed by atoms with E-state index in [4.69, 9.17) is 9.47 Å². The molecule has 0 aliphatic carbocycles. The third kappa shape index (κ3) is 8.40. The molecule has 2 aromatic rings. The van der Waals surface area contributed by atoms with Gasteiger partial charge in [-0.25, -0.2) is 13.2 Å². The second-order valence-electron chi connectivity index (χ2n) is 11.4. The number of unbranched alkanes of at least 4 members (excludes halogenated alkanes) is 2. The number of benzene rings is 2. The molecule has 0 N–H and O–H groups in total. The summed E-state index contributed by atoms with van der Waals surface area (Å²) in [6.45, 7) is 10.0. The normalized spacial score (nSPS) is 16.3. The van der Waals surface area contributed by atoms with Crippen LogP contribution in [-0.4, -0.2) is 45.1 Å².